The Bertz CT molecular complexity index is 1320. The molecule has 2 fully saturated rings. The second-order valence-corrected chi connectivity index (χ2v) is 8.74. The second kappa shape index (κ2) is 6.80. The fourth-order valence-electron chi connectivity index (χ4n) is 4.42. The number of aromatic amines is 1. The van der Waals surface area contributed by atoms with Crippen LogP contribution in [0.3, 0.4) is 0 Å². The van der Waals surface area contributed by atoms with Crippen LogP contribution in [0.25, 0.3) is 33.2 Å². The maximum Gasteiger partial charge on any atom is 0.241 e. The molecule has 0 radical (unpaired) electrons. The summed E-state index contributed by atoms with van der Waals surface area (Å²) in [5.74, 6) is 0.800. The Hall–Kier alpha value is -3.42. The van der Waals surface area contributed by atoms with Crippen molar-refractivity contribution in [2.45, 2.75) is 45.3 Å². The van der Waals surface area contributed by atoms with Crippen LogP contribution >= 0.6 is 0 Å². The van der Waals surface area contributed by atoms with Gasteiger partial charge in [-0.15, -0.1) is 0 Å². The van der Waals surface area contributed by atoms with Crippen LogP contribution in [0.5, 0.6) is 5.88 Å². The van der Waals surface area contributed by atoms with Crippen LogP contribution in [-0.2, 0) is 4.79 Å². The predicted molar refractivity (Wildman–Crippen MR) is 117 cm³/mol. The van der Waals surface area contributed by atoms with Gasteiger partial charge in [0.1, 0.15) is 11.6 Å². The summed E-state index contributed by atoms with van der Waals surface area (Å²) in [4.78, 5) is 21.3. The quantitative estimate of drug-likeness (QED) is 0.519. The molecular formula is C23H24N6O2. The van der Waals surface area contributed by atoms with E-state index < -0.39 is 0 Å². The Kier molecular flexibility index (Phi) is 4.03. The number of pyridine rings is 1. The molecule has 1 saturated heterocycles. The molecule has 1 aliphatic carbocycles. The number of aromatic nitrogens is 5. The average molecular weight is 416 g/mol. The van der Waals surface area contributed by atoms with Crippen molar-refractivity contribution in [2.24, 2.45) is 5.92 Å². The van der Waals surface area contributed by atoms with Gasteiger partial charge in [0, 0.05) is 41.6 Å². The maximum atomic E-state index is 11.7. The molecule has 2 N–H and O–H groups in total. The molecule has 31 heavy (non-hydrogen) atoms. The van der Waals surface area contributed by atoms with Gasteiger partial charge >= 0.3 is 0 Å². The number of H-pyrrole nitrogens is 1. The molecule has 0 bridgehead atoms. The molecule has 158 valence electrons. The molecule has 4 aromatic rings. The van der Waals surface area contributed by atoms with E-state index in [0.717, 1.165) is 51.7 Å². The SMILES string of the molecule is Cc1[nH]nc2cc(-c3cc4ncn(C5CC5)c4c(O[C@H](C)[C@H]4CNC(=O)C4)n3)ccc12. The number of imidazole rings is 1. The van der Waals surface area contributed by atoms with Crippen LogP contribution in [0.1, 0.15) is 37.9 Å². The number of hydrogen-bond acceptors (Lipinski definition) is 5. The van der Waals surface area contributed by atoms with Crippen molar-refractivity contribution in [3.63, 3.8) is 0 Å². The molecule has 4 heterocycles. The summed E-state index contributed by atoms with van der Waals surface area (Å²) in [7, 11) is 0. The third kappa shape index (κ3) is 3.13. The fourth-order valence-corrected chi connectivity index (χ4v) is 4.42. The van der Waals surface area contributed by atoms with E-state index in [0.29, 0.717) is 24.9 Å². The van der Waals surface area contributed by atoms with Gasteiger partial charge in [-0.05, 0) is 38.8 Å². The number of rotatable bonds is 5. The Balaban J connectivity index is 1.44. The lowest BCUT2D eigenvalue weighted by Gasteiger charge is -2.20. The number of aryl methyl sites for hydroxylation is 1. The predicted octanol–water partition coefficient (Wildman–Crippen LogP) is 3.52. The van der Waals surface area contributed by atoms with Gasteiger partial charge in [-0.2, -0.15) is 5.10 Å². The highest BCUT2D eigenvalue weighted by atomic mass is 16.5. The molecular weight excluding hydrogens is 392 g/mol. The summed E-state index contributed by atoms with van der Waals surface area (Å²) < 4.78 is 8.59. The van der Waals surface area contributed by atoms with Crippen molar-refractivity contribution in [1.82, 2.24) is 30.0 Å². The summed E-state index contributed by atoms with van der Waals surface area (Å²) in [5.41, 5.74) is 5.54. The van der Waals surface area contributed by atoms with Gasteiger partial charge in [-0.3, -0.25) is 9.89 Å². The first-order valence-corrected chi connectivity index (χ1v) is 10.8. The third-order valence-electron chi connectivity index (χ3n) is 6.47. The van der Waals surface area contributed by atoms with Crippen molar-refractivity contribution in [1.29, 1.82) is 0 Å². The summed E-state index contributed by atoms with van der Waals surface area (Å²) in [5, 5.41) is 11.4. The van der Waals surface area contributed by atoms with E-state index >= 15 is 0 Å². The highest BCUT2D eigenvalue weighted by Crippen LogP contribution is 2.40. The van der Waals surface area contributed by atoms with Crippen molar-refractivity contribution in [2.75, 3.05) is 6.54 Å². The molecule has 1 amide bonds. The number of carbonyl (C=O) groups is 1. The van der Waals surface area contributed by atoms with Crippen LogP contribution in [0.4, 0.5) is 0 Å². The van der Waals surface area contributed by atoms with Crippen molar-refractivity contribution in [3.8, 4) is 17.1 Å². The molecule has 1 aliphatic heterocycles. The van der Waals surface area contributed by atoms with Crippen LogP contribution < -0.4 is 10.1 Å². The van der Waals surface area contributed by atoms with E-state index in [4.69, 9.17) is 9.72 Å². The number of nitrogens with zero attached hydrogens (tertiary/aromatic N) is 4. The van der Waals surface area contributed by atoms with Crippen LogP contribution in [0, 0.1) is 12.8 Å². The number of fused-ring (bicyclic) bond motifs is 2. The molecule has 2 atom stereocenters. The van der Waals surface area contributed by atoms with Crippen molar-refractivity contribution < 1.29 is 9.53 Å². The zero-order valence-corrected chi connectivity index (χ0v) is 17.6. The molecule has 8 nitrogen and oxygen atoms in total. The van der Waals surface area contributed by atoms with Crippen LogP contribution in [0.15, 0.2) is 30.6 Å². The minimum Gasteiger partial charge on any atom is -0.473 e. The van der Waals surface area contributed by atoms with E-state index in [1.54, 1.807) is 0 Å². The summed E-state index contributed by atoms with van der Waals surface area (Å²) in [6.45, 7) is 4.67. The molecule has 1 aromatic carbocycles. The lowest BCUT2D eigenvalue weighted by molar-refractivity contribution is -0.119. The van der Waals surface area contributed by atoms with Crippen molar-refractivity contribution >= 4 is 27.8 Å². The number of hydrogen-bond donors (Lipinski definition) is 2. The minimum absolute atomic E-state index is 0.0814. The zero-order chi connectivity index (χ0) is 21.1. The molecule has 8 heteroatoms. The third-order valence-corrected chi connectivity index (χ3v) is 6.47. The molecule has 3 aromatic heterocycles. The van der Waals surface area contributed by atoms with Gasteiger partial charge in [0.25, 0.3) is 0 Å². The lowest BCUT2D eigenvalue weighted by Crippen LogP contribution is -2.26. The summed E-state index contributed by atoms with van der Waals surface area (Å²) in [6, 6.07) is 8.65. The number of amides is 1. The molecule has 0 spiro atoms. The van der Waals surface area contributed by atoms with E-state index in [1.165, 1.54) is 0 Å². The Labute approximate surface area is 179 Å². The second-order valence-electron chi connectivity index (χ2n) is 8.74. The van der Waals surface area contributed by atoms with Gasteiger partial charge in [0.05, 0.1) is 23.1 Å². The van der Waals surface area contributed by atoms with E-state index in [9.17, 15) is 4.79 Å². The van der Waals surface area contributed by atoms with Gasteiger partial charge in [-0.25, -0.2) is 9.97 Å². The van der Waals surface area contributed by atoms with Crippen LogP contribution in [0.2, 0.25) is 0 Å². The largest absolute Gasteiger partial charge is 0.473 e. The fraction of sp³-hybridized carbons (Fsp3) is 0.391. The lowest BCUT2D eigenvalue weighted by atomic mass is 10.0. The van der Waals surface area contributed by atoms with Gasteiger partial charge in [0.15, 0.2) is 0 Å². The number of carbonyl (C=O) groups excluding carboxylic acids is 1. The molecule has 1 saturated carbocycles. The minimum atomic E-state index is -0.135. The normalized spacial score (nSPS) is 19.8. The number of benzene rings is 1. The average Bonchev–Trinajstić information content (AvgIpc) is 3.18. The van der Waals surface area contributed by atoms with Crippen molar-refractivity contribution in [3.05, 3.63) is 36.3 Å². The first-order chi connectivity index (χ1) is 15.1. The summed E-state index contributed by atoms with van der Waals surface area (Å²) >= 11 is 0. The Morgan fingerprint density at radius 1 is 1.23 bits per heavy atom. The monoisotopic (exact) mass is 416 g/mol. The first kappa shape index (κ1) is 18.4. The number of nitrogens with one attached hydrogen (secondary N) is 2. The Morgan fingerprint density at radius 2 is 2.10 bits per heavy atom. The Morgan fingerprint density at radius 3 is 2.87 bits per heavy atom. The smallest absolute Gasteiger partial charge is 0.241 e. The molecule has 6 rings (SSSR count). The maximum absolute atomic E-state index is 11.7. The van der Waals surface area contributed by atoms with E-state index in [1.807, 2.05) is 32.3 Å². The highest BCUT2D eigenvalue weighted by Gasteiger charge is 2.31. The highest BCUT2D eigenvalue weighted by molar-refractivity contribution is 5.89. The van der Waals surface area contributed by atoms with Gasteiger partial charge in [-0.1, -0.05) is 12.1 Å². The van der Waals surface area contributed by atoms with E-state index in [2.05, 4.69) is 37.2 Å². The summed E-state index contributed by atoms with van der Waals surface area (Å²) in [6.07, 6.45) is 4.55. The number of ether oxygens (including phenoxy) is 1. The van der Waals surface area contributed by atoms with Gasteiger partial charge < -0.3 is 14.6 Å². The zero-order valence-electron chi connectivity index (χ0n) is 17.6. The standard InChI is InChI=1S/C23H24N6O2/c1-12-17-6-3-14(7-19(17)28-27-12)18-9-20-22(29(11-25-20)16-4-5-16)23(26-18)31-13(2)15-8-21(30)24-10-15/h3,6-7,9,11,13,15-16H,4-5,8,10H2,1-2H3,(H,24,30)(H,27,28)/t13-,15-/m1/s1. The topological polar surface area (TPSA) is 97.7 Å². The van der Waals surface area contributed by atoms with Gasteiger partial charge in [0.2, 0.25) is 11.8 Å². The molecule has 2 aliphatic rings. The first-order valence-electron chi connectivity index (χ1n) is 10.8. The van der Waals surface area contributed by atoms with Crippen LogP contribution in [-0.4, -0.2) is 43.3 Å². The molecule has 0 unspecified atom stereocenters. The van der Waals surface area contributed by atoms with E-state index in [-0.39, 0.29) is 17.9 Å².